The number of allylic oxidation sites excluding steroid dienone is 1. The summed E-state index contributed by atoms with van der Waals surface area (Å²) in [5.74, 6) is -3.35. The highest BCUT2D eigenvalue weighted by atomic mass is 19.2. The average molecular weight is 358 g/mol. The third-order valence-electron chi connectivity index (χ3n) is 4.33. The van der Waals surface area contributed by atoms with Gasteiger partial charge in [0.1, 0.15) is 23.5 Å². The molecule has 6 nitrogen and oxygen atoms in total. The largest absolute Gasteiger partial charge is 0.478 e. The lowest BCUT2D eigenvalue weighted by Gasteiger charge is -2.28. The molecule has 2 heterocycles. The number of rotatable bonds is 3. The Morgan fingerprint density at radius 1 is 1.42 bits per heavy atom. The molecule has 2 N–H and O–H groups in total. The van der Waals surface area contributed by atoms with Crippen molar-refractivity contribution in [1.29, 1.82) is 5.26 Å². The van der Waals surface area contributed by atoms with Gasteiger partial charge in [0.25, 0.3) is 0 Å². The molecule has 1 aliphatic rings. The summed E-state index contributed by atoms with van der Waals surface area (Å²) in [6.07, 6.45) is 0. The van der Waals surface area contributed by atoms with Crippen LogP contribution in [0.3, 0.4) is 0 Å². The number of carboxylic acid groups (broad SMARTS) is 1. The van der Waals surface area contributed by atoms with E-state index in [2.05, 4.69) is 16.5 Å². The molecule has 1 atom stereocenters. The van der Waals surface area contributed by atoms with E-state index in [-0.39, 0.29) is 34.1 Å². The van der Waals surface area contributed by atoms with E-state index in [0.717, 1.165) is 6.07 Å². The van der Waals surface area contributed by atoms with Crippen molar-refractivity contribution < 1.29 is 18.7 Å². The molecule has 0 saturated carbocycles. The molecule has 0 bridgehead atoms. The van der Waals surface area contributed by atoms with Gasteiger partial charge in [-0.2, -0.15) is 10.4 Å². The predicted octanol–water partition coefficient (Wildman–Crippen LogP) is 3.53. The van der Waals surface area contributed by atoms with Gasteiger partial charge in [0, 0.05) is 11.3 Å². The Balaban J connectivity index is 2.36. The van der Waals surface area contributed by atoms with Crippen LogP contribution in [0.2, 0.25) is 0 Å². The standard InChI is InChI=1S/C18H16F2N4O2/c1-8(2)15-11(7-21)17-22-9(3)13(18(25)26)16(24(17)23-15)10-5-4-6-12(19)14(10)20/h4-6,8,16,22H,1-3H3,(H,25,26). The summed E-state index contributed by atoms with van der Waals surface area (Å²) in [5, 5.41) is 26.4. The van der Waals surface area contributed by atoms with E-state index in [9.17, 15) is 23.9 Å². The van der Waals surface area contributed by atoms with Crippen molar-refractivity contribution >= 4 is 11.8 Å². The van der Waals surface area contributed by atoms with Crippen molar-refractivity contribution in [2.45, 2.75) is 32.7 Å². The van der Waals surface area contributed by atoms with E-state index in [4.69, 9.17) is 0 Å². The van der Waals surface area contributed by atoms with Gasteiger partial charge >= 0.3 is 5.97 Å². The summed E-state index contributed by atoms with van der Waals surface area (Å²) in [5.41, 5.74) is 0.628. The maximum atomic E-state index is 14.5. The summed E-state index contributed by atoms with van der Waals surface area (Å²) >= 11 is 0. The summed E-state index contributed by atoms with van der Waals surface area (Å²) in [6.45, 7) is 5.19. The van der Waals surface area contributed by atoms with Crippen LogP contribution in [-0.4, -0.2) is 20.9 Å². The van der Waals surface area contributed by atoms with Crippen molar-refractivity contribution in [3.05, 3.63) is 57.9 Å². The number of fused-ring (bicyclic) bond motifs is 1. The van der Waals surface area contributed by atoms with Crippen LogP contribution in [-0.2, 0) is 4.79 Å². The molecule has 1 aromatic heterocycles. The number of nitriles is 1. The zero-order valence-electron chi connectivity index (χ0n) is 14.3. The van der Waals surface area contributed by atoms with Crippen molar-refractivity contribution in [1.82, 2.24) is 9.78 Å². The fraction of sp³-hybridized carbons (Fsp3) is 0.278. The molecule has 1 aliphatic heterocycles. The summed E-state index contributed by atoms with van der Waals surface area (Å²) < 4.78 is 29.5. The fourth-order valence-corrected chi connectivity index (χ4v) is 3.14. The maximum Gasteiger partial charge on any atom is 0.335 e. The Labute approximate surface area is 148 Å². The molecule has 2 aromatic rings. The van der Waals surface area contributed by atoms with Crippen LogP contribution >= 0.6 is 0 Å². The normalized spacial score (nSPS) is 16.3. The van der Waals surface area contributed by atoms with E-state index in [1.54, 1.807) is 0 Å². The van der Waals surface area contributed by atoms with Crippen LogP contribution in [0.25, 0.3) is 0 Å². The number of carboxylic acids is 1. The number of hydrogen-bond acceptors (Lipinski definition) is 4. The SMILES string of the molecule is CC1=C(C(=O)O)C(c2cccc(F)c2F)n2nc(C(C)C)c(C#N)c2N1. The Hall–Kier alpha value is -3.21. The Kier molecular flexibility index (Phi) is 4.24. The summed E-state index contributed by atoms with van der Waals surface area (Å²) in [7, 11) is 0. The molecule has 0 fully saturated rings. The second kappa shape index (κ2) is 6.26. The van der Waals surface area contributed by atoms with Gasteiger partial charge in [0.05, 0.1) is 11.3 Å². The molecule has 0 saturated heterocycles. The summed E-state index contributed by atoms with van der Waals surface area (Å²) in [4.78, 5) is 11.8. The number of benzene rings is 1. The number of hydrogen-bond donors (Lipinski definition) is 2. The number of anilines is 1. The van der Waals surface area contributed by atoms with Gasteiger partial charge in [-0.1, -0.05) is 26.0 Å². The lowest BCUT2D eigenvalue weighted by atomic mass is 9.94. The van der Waals surface area contributed by atoms with Crippen LogP contribution in [0.15, 0.2) is 29.5 Å². The molecule has 1 unspecified atom stereocenters. The molecule has 134 valence electrons. The van der Waals surface area contributed by atoms with Crippen LogP contribution in [0, 0.1) is 23.0 Å². The molecule has 0 radical (unpaired) electrons. The highest BCUT2D eigenvalue weighted by molar-refractivity contribution is 5.91. The Bertz CT molecular complexity index is 986. The minimum atomic E-state index is -1.28. The number of carbonyl (C=O) groups is 1. The first-order chi connectivity index (χ1) is 12.3. The molecule has 0 aliphatic carbocycles. The molecule has 8 heteroatoms. The van der Waals surface area contributed by atoms with Gasteiger partial charge in [-0.15, -0.1) is 0 Å². The molecule has 3 rings (SSSR count). The molecular weight excluding hydrogens is 342 g/mol. The van der Waals surface area contributed by atoms with Crippen LogP contribution in [0.4, 0.5) is 14.6 Å². The second-order valence-corrected chi connectivity index (χ2v) is 6.33. The van der Waals surface area contributed by atoms with E-state index < -0.39 is 23.6 Å². The first kappa shape index (κ1) is 17.6. The van der Waals surface area contributed by atoms with Crippen LogP contribution in [0.1, 0.15) is 49.6 Å². The number of nitrogens with one attached hydrogen (secondary N) is 1. The van der Waals surface area contributed by atoms with E-state index in [1.807, 2.05) is 13.8 Å². The molecular formula is C18H16F2N4O2. The second-order valence-electron chi connectivity index (χ2n) is 6.33. The van der Waals surface area contributed by atoms with Crippen molar-refractivity contribution in [2.24, 2.45) is 0 Å². The molecule has 0 amide bonds. The topological polar surface area (TPSA) is 90.9 Å². The zero-order chi connectivity index (χ0) is 19.2. The van der Waals surface area contributed by atoms with E-state index in [1.165, 1.54) is 23.7 Å². The maximum absolute atomic E-state index is 14.5. The van der Waals surface area contributed by atoms with E-state index in [0.29, 0.717) is 5.69 Å². The third kappa shape index (κ3) is 2.52. The van der Waals surface area contributed by atoms with Gasteiger partial charge in [0.15, 0.2) is 11.6 Å². The highest BCUT2D eigenvalue weighted by Gasteiger charge is 2.37. The number of aliphatic carboxylic acids is 1. The third-order valence-corrected chi connectivity index (χ3v) is 4.33. The van der Waals surface area contributed by atoms with E-state index >= 15 is 0 Å². The average Bonchev–Trinajstić information content (AvgIpc) is 2.94. The minimum Gasteiger partial charge on any atom is -0.478 e. The summed E-state index contributed by atoms with van der Waals surface area (Å²) in [6, 6.07) is 4.45. The quantitative estimate of drug-likeness (QED) is 0.876. The van der Waals surface area contributed by atoms with Gasteiger partial charge in [0.2, 0.25) is 0 Å². The smallest absolute Gasteiger partial charge is 0.335 e. The highest BCUT2D eigenvalue weighted by Crippen LogP contribution is 2.40. The molecule has 26 heavy (non-hydrogen) atoms. The Morgan fingerprint density at radius 3 is 2.69 bits per heavy atom. The van der Waals surface area contributed by atoms with Crippen molar-refractivity contribution in [2.75, 3.05) is 5.32 Å². The van der Waals surface area contributed by atoms with Gasteiger partial charge in [-0.25, -0.2) is 18.3 Å². The lowest BCUT2D eigenvalue weighted by molar-refractivity contribution is -0.133. The molecule has 1 aromatic carbocycles. The fourth-order valence-electron chi connectivity index (χ4n) is 3.14. The first-order valence-corrected chi connectivity index (χ1v) is 7.95. The van der Waals surface area contributed by atoms with Crippen LogP contribution in [0.5, 0.6) is 0 Å². The van der Waals surface area contributed by atoms with Crippen molar-refractivity contribution in [3.8, 4) is 6.07 Å². The predicted molar refractivity (Wildman–Crippen MR) is 89.5 cm³/mol. The van der Waals surface area contributed by atoms with Crippen molar-refractivity contribution in [3.63, 3.8) is 0 Å². The lowest BCUT2D eigenvalue weighted by Crippen LogP contribution is -2.29. The first-order valence-electron chi connectivity index (χ1n) is 7.95. The van der Waals surface area contributed by atoms with Gasteiger partial charge in [-0.05, 0) is 18.9 Å². The van der Waals surface area contributed by atoms with Gasteiger partial charge in [-0.3, -0.25) is 0 Å². The number of aromatic nitrogens is 2. The number of halogens is 2. The van der Waals surface area contributed by atoms with Gasteiger partial charge < -0.3 is 10.4 Å². The number of nitrogens with zero attached hydrogens (tertiary/aromatic N) is 3. The minimum absolute atomic E-state index is 0.115. The monoisotopic (exact) mass is 358 g/mol. The molecule has 0 spiro atoms. The van der Waals surface area contributed by atoms with Crippen LogP contribution < -0.4 is 5.32 Å². The zero-order valence-corrected chi connectivity index (χ0v) is 14.3. The Morgan fingerprint density at radius 2 is 2.12 bits per heavy atom.